The van der Waals surface area contributed by atoms with Gasteiger partial charge in [0.05, 0.1) is 11.3 Å². The number of amides is 1. The van der Waals surface area contributed by atoms with Crippen molar-refractivity contribution in [1.29, 1.82) is 0 Å². The van der Waals surface area contributed by atoms with Gasteiger partial charge in [0, 0.05) is 16.4 Å². The van der Waals surface area contributed by atoms with Crippen molar-refractivity contribution in [2.45, 2.75) is 6.92 Å². The molecule has 0 fully saturated rings. The molecule has 0 unspecified atom stereocenters. The molecular weight excluding hydrogens is 366 g/mol. The van der Waals surface area contributed by atoms with Crippen molar-refractivity contribution in [2.24, 2.45) is 0 Å². The second kappa shape index (κ2) is 7.27. The second-order valence-corrected chi connectivity index (χ2v) is 6.21. The number of pyridine rings is 1. The maximum absolute atomic E-state index is 12.3. The number of rotatable bonds is 4. The van der Waals surface area contributed by atoms with E-state index in [1.54, 1.807) is 18.3 Å². The van der Waals surface area contributed by atoms with E-state index in [9.17, 15) is 4.79 Å². The van der Waals surface area contributed by atoms with Crippen LogP contribution in [0.4, 0.5) is 17.2 Å². The number of benzene rings is 2. The molecule has 0 radical (unpaired) electrons. The zero-order chi connectivity index (χ0) is 16.9. The van der Waals surface area contributed by atoms with Crippen molar-refractivity contribution in [3.05, 3.63) is 82.5 Å². The van der Waals surface area contributed by atoms with Gasteiger partial charge in [-0.1, -0.05) is 29.8 Å². The average Bonchev–Trinajstić information content (AvgIpc) is 2.59. The number of hydrogen-bond donors (Lipinski definition) is 2. The lowest BCUT2D eigenvalue weighted by molar-refractivity contribution is 0.102. The number of carbonyl (C=O) groups excluding carboxylic acids is 1. The SMILES string of the molecule is Cc1ccc(Nc2ccc(C(=O)Nc3ccccc3Br)cn2)cc1. The van der Waals surface area contributed by atoms with Gasteiger partial charge in [-0.25, -0.2) is 4.98 Å². The van der Waals surface area contributed by atoms with Crippen LogP contribution in [0.5, 0.6) is 0 Å². The molecule has 1 aromatic heterocycles. The molecule has 0 bridgehead atoms. The van der Waals surface area contributed by atoms with Crippen LogP contribution >= 0.6 is 15.9 Å². The number of aromatic nitrogens is 1. The van der Waals surface area contributed by atoms with Crippen LogP contribution in [0.25, 0.3) is 0 Å². The van der Waals surface area contributed by atoms with Gasteiger partial charge in [-0.05, 0) is 59.3 Å². The first kappa shape index (κ1) is 16.2. The maximum Gasteiger partial charge on any atom is 0.257 e. The van der Waals surface area contributed by atoms with E-state index < -0.39 is 0 Å². The Bertz CT molecular complexity index is 845. The van der Waals surface area contributed by atoms with E-state index in [2.05, 4.69) is 31.5 Å². The van der Waals surface area contributed by atoms with Crippen molar-refractivity contribution in [1.82, 2.24) is 4.98 Å². The Morgan fingerprint density at radius 1 is 1.00 bits per heavy atom. The van der Waals surface area contributed by atoms with Crippen molar-refractivity contribution in [3.63, 3.8) is 0 Å². The van der Waals surface area contributed by atoms with Crippen LogP contribution < -0.4 is 10.6 Å². The van der Waals surface area contributed by atoms with Crippen LogP contribution in [-0.2, 0) is 0 Å². The Hall–Kier alpha value is -2.66. The molecule has 0 spiro atoms. The van der Waals surface area contributed by atoms with Gasteiger partial charge in [0.2, 0.25) is 0 Å². The van der Waals surface area contributed by atoms with Gasteiger partial charge in [-0.3, -0.25) is 4.79 Å². The highest BCUT2D eigenvalue weighted by atomic mass is 79.9. The van der Waals surface area contributed by atoms with E-state index in [4.69, 9.17) is 0 Å². The van der Waals surface area contributed by atoms with Gasteiger partial charge in [0.15, 0.2) is 0 Å². The molecule has 3 aromatic rings. The van der Waals surface area contributed by atoms with E-state index in [-0.39, 0.29) is 5.91 Å². The van der Waals surface area contributed by atoms with E-state index in [1.807, 2.05) is 55.5 Å². The topological polar surface area (TPSA) is 54.0 Å². The quantitative estimate of drug-likeness (QED) is 0.656. The average molecular weight is 382 g/mol. The predicted octanol–water partition coefficient (Wildman–Crippen LogP) is 5.15. The van der Waals surface area contributed by atoms with Crippen molar-refractivity contribution in [2.75, 3.05) is 10.6 Å². The molecule has 0 aliphatic carbocycles. The normalized spacial score (nSPS) is 10.2. The monoisotopic (exact) mass is 381 g/mol. The maximum atomic E-state index is 12.3. The molecule has 0 aliphatic rings. The summed E-state index contributed by atoms with van der Waals surface area (Å²) in [5.74, 6) is 0.493. The molecule has 1 amide bonds. The van der Waals surface area contributed by atoms with Crippen molar-refractivity contribution < 1.29 is 4.79 Å². The zero-order valence-electron chi connectivity index (χ0n) is 13.1. The van der Waals surface area contributed by atoms with E-state index in [0.29, 0.717) is 11.4 Å². The number of nitrogens with zero attached hydrogens (tertiary/aromatic N) is 1. The van der Waals surface area contributed by atoms with Gasteiger partial charge in [-0.15, -0.1) is 0 Å². The third kappa shape index (κ3) is 4.00. The fourth-order valence-electron chi connectivity index (χ4n) is 2.14. The Labute approximate surface area is 149 Å². The number of para-hydroxylation sites is 1. The van der Waals surface area contributed by atoms with Crippen LogP contribution in [0.2, 0.25) is 0 Å². The van der Waals surface area contributed by atoms with Crippen LogP contribution in [0, 0.1) is 6.92 Å². The number of aryl methyl sites for hydroxylation is 1. The van der Waals surface area contributed by atoms with E-state index in [0.717, 1.165) is 15.8 Å². The summed E-state index contributed by atoms with van der Waals surface area (Å²) in [6, 6.07) is 19.1. The van der Waals surface area contributed by atoms with Gasteiger partial charge in [0.1, 0.15) is 5.82 Å². The minimum absolute atomic E-state index is 0.198. The lowest BCUT2D eigenvalue weighted by Gasteiger charge is -2.08. The van der Waals surface area contributed by atoms with E-state index >= 15 is 0 Å². The molecule has 0 aliphatic heterocycles. The lowest BCUT2D eigenvalue weighted by atomic mass is 10.2. The first-order valence-corrected chi connectivity index (χ1v) is 8.27. The molecule has 24 heavy (non-hydrogen) atoms. The Morgan fingerprint density at radius 3 is 2.42 bits per heavy atom. The number of halogens is 1. The minimum atomic E-state index is -0.198. The first-order valence-electron chi connectivity index (χ1n) is 7.47. The Balaban J connectivity index is 1.68. The molecule has 4 nitrogen and oxygen atoms in total. The van der Waals surface area contributed by atoms with Crippen molar-refractivity contribution >= 4 is 39.0 Å². The summed E-state index contributed by atoms with van der Waals surface area (Å²) < 4.78 is 0.837. The van der Waals surface area contributed by atoms with Crippen LogP contribution in [0.3, 0.4) is 0 Å². The van der Waals surface area contributed by atoms with Gasteiger partial charge in [0.25, 0.3) is 5.91 Å². The summed E-state index contributed by atoms with van der Waals surface area (Å²) in [6.07, 6.45) is 1.56. The third-order valence-electron chi connectivity index (χ3n) is 3.47. The van der Waals surface area contributed by atoms with Gasteiger partial charge >= 0.3 is 0 Å². The molecule has 0 saturated carbocycles. The summed E-state index contributed by atoms with van der Waals surface area (Å²) >= 11 is 3.41. The van der Waals surface area contributed by atoms with Crippen LogP contribution in [0.15, 0.2) is 71.3 Å². The molecule has 2 N–H and O–H groups in total. The molecule has 3 rings (SSSR count). The van der Waals surface area contributed by atoms with Crippen LogP contribution in [0.1, 0.15) is 15.9 Å². The largest absolute Gasteiger partial charge is 0.340 e. The number of nitrogens with one attached hydrogen (secondary N) is 2. The highest BCUT2D eigenvalue weighted by Crippen LogP contribution is 2.22. The number of anilines is 3. The van der Waals surface area contributed by atoms with Gasteiger partial charge in [-0.2, -0.15) is 0 Å². The minimum Gasteiger partial charge on any atom is -0.340 e. The molecule has 120 valence electrons. The highest BCUT2D eigenvalue weighted by Gasteiger charge is 2.08. The van der Waals surface area contributed by atoms with E-state index in [1.165, 1.54) is 5.56 Å². The molecule has 2 aromatic carbocycles. The lowest BCUT2D eigenvalue weighted by Crippen LogP contribution is -2.12. The summed E-state index contributed by atoms with van der Waals surface area (Å²) in [6.45, 7) is 2.04. The van der Waals surface area contributed by atoms with Crippen LogP contribution in [-0.4, -0.2) is 10.9 Å². The second-order valence-electron chi connectivity index (χ2n) is 5.36. The summed E-state index contributed by atoms with van der Waals surface area (Å²) in [7, 11) is 0. The predicted molar refractivity (Wildman–Crippen MR) is 101 cm³/mol. The molecular formula is C19H16BrN3O. The summed E-state index contributed by atoms with van der Waals surface area (Å²) in [5, 5.41) is 6.06. The molecule has 1 heterocycles. The Morgan fingerprint density at radius 2 is 1.75 bits per heavy atom. The standard InChI is InChI=1S/C19H16BrN3O/c1-13-6-9-15(10-7-13)22-18-11-8-14(12-21-18)19(24)23-17-5-3-2-4-16(17)20/h2-12H,1H3,(H,21,22)(H,23,24). The van der Waals surface area contributed by atoms with Gasteiger partial charge < -0.3 is 10.6 Å². The fraction of sp³-hybridized carbons (Fsp3) is 0.0526. The third-order valence-corrected chi connectivity index (χ3v) is 4.16. The fourth-order valence-corrected chi connectivity index (χ4v) is 2.53. The molecule has 0 saturated heterocycles. The molecule has 5 heteroatoms. The van der Waals surface area contributed by atoms with Crippen molar-refractivity contribution in [3.8, 4) is 0 Å². The Kier molecular flexibility index (Phi) is 4.91. The first-order chi connectivity index (χ1) is 11.6. The number of hydrogen-bond acceptors (Lipinski definition) is 3. The molecule has 0 atom stereocenters. The summed E-state index contributed by atoms with van der Waals surface area (Å²) in [5.41, 5.74) is 3.38. The summed E-state index contributed by atoms with van der Waals surface area (Å²) in [4.78, 5) is 16.6. The smallest absolute Gasteiger partial charge is 0.257 e. The number of carbonyl (C=O) groups is 1. The zero-order valence-corrected chi connectivity index (χ0v) is 14.7. The highest BCUT2D eigenvalue weighted by molar-refractivity contribution is 9.10.